The van der Waals surface area contributed by atoms with Crippen molar-refractivity contribution in [3.63, 3.8) is 0 Å². The molecule has 4 nitrogen and oxygen atoms in total. The number of hydrogen-bond acceptors (Lipinski definition) is 4. The summed E-state index contributed by atoms with van der Waals surface area (Å²) in [6.07, 6.45) is 0. The van der Waals surface area contributed by atoms with Gasteiger partial charge in [0.25, 0.3) is 0 Å². The number of hydrogen-bond donors (Lipinski definition) is 1. The topological polar surface area (TPSA) is 41.6 Å². The highest BCUT2D eigenvalue weighted by atomic mass is 16.5. The molecule has 0 fully saturated rings. The maximum absolute atomic E-state index is 11.4. The van der Waals surface area contributed by atoms with E-state index in [0.717, 1.165) is 13.1 Å². The van der Waals surface area contributed by atoms with Crippen molar-refractivity contribution in [1.82, 2.24) is 10.2 Å². The molecule has 0 amide bonds. The first-order valence-corrected chi connectivity index (χ1v) is 6.30. The lowest BCUT2D eigenvalue weighted by atomic mass is 9.93. The van der Waals surface area contributed by atoms with Crippen LogP contribution in [0.15, 0.2) is 0 Å². The van der Waals surface area contributed by atoms with Crippen LogP contribution in [0.2, 0.25) is 0 Å². The molecule has 0 saturated heterocycles. The summed E-state index contributed by atoms with van der Waals surface area (Å²) in [4.78, 5) is 13.6. The van der Waals surface area contributed by atoms with Crippen LogP contribution in [0.25, 0.3) is 0 Å². The highest BCUT2D eigenvalue weighted by Crippen LogP contribution is 2.14. The van der Waals surface area contributed by atoms with Gasteiger partial charge in [-0.2, -0.15) is 0 Å². The summed E-state index contributed by atoms with van der Waals surface area (Å²) in [5.41, 5.74) is 0.206. The number of ether oxygens (including phenoxy) is 1. The summed E-state index contributed by atoms with van der Waals surface area (Å²) in [6.45, 7) is 11.2. The fourth-order valence-corrected chi connectivity index (χ4v) is 1.91. The van der Waals surface area contributed by atoms with Crippen molar-refractivity contribution in [3.8, 4) is 0 Å². The third-order valence-electron chi connectivity index (χ3n) is 2.49. The predicted octanol–water partition coefficient (Wildman–Crippen LogP) is 1.36. The van der Waals surface area contributed by atoms with Gasteiger partial charge in [-0.05, 0) is 26.4 Å². The van der Waals surface area contributed by atoms with E-state index in [1.54, 1.807) is 0 Å². The first kappa shape index (κ1) is 16.4. The second kappa shape index (κ2) is 7.67. The lowest BCUT2D eigenvalue weighted by molar-refractivity contribution is -0.147. The molecule has 4 heteroatoms. The molecular weight excluding hydrogens is 216 g/mol. The highest BCUT2D eigenvalue weighted by Gasteiger charge is 2.20. The van der Waals surface area contributed by atoms with Gasteiger partial charge in [-0.1, -0.05) is 20.8 Å². The number of esters is 1. The Hall–Kier alpha value is -0.610. The van der Waals surface area contributed by atoms with Gasteiger partial charge in [0.2, 0.25) is 0 Å². The van der Waals surface area contributed by atoms with Crippen LogP contribution in [0, 0.1) is 11.3 Å². The summed E-state index contributed by atoms with van der Waals surface area (Å²) in [6, 6.07) is 0. The molecule has 0 aliphatic carbocycles. The molecule has 0 radical (unpaired) electrons. The number of carbonyl (C=O) groups excluding carboxylic acids is 1. The first-order valence-electron chi connectivity index (χ1n) is 6.30. The zero-order valence-electron chi connectivity index (χ0n) is 12.2. The fourth-order valence-electron chi connectivity index (χ4n) is 1.91. The van der Waals surface area contributed by atoms with E-state index >= 15 is 0 Å². The largest absolute Gasteiger partial charge is 0.466 e. The molecule has 0 aliphatic heterocycles. The quantitative estimate of drug-likeness (QED) is 0.655. The zero-order chi connectivity index (χ0) is 13.5. The van der Waals surface area contributed by atoms with E-state index in [2.05, 4.69) is 38.2 Å². The van der Waals surface area contributed by atoms with Gasteiger partial charge in [0.05, 0.1) is 12.5 Å². The van der Waals surface area contributed by atoms with Gasteiger partial charge in [0, 0.05) is 19.6 Å². The van der Waals surface area contributed by atoms with Gasteiger partial charge >= 0.3 is 5.97 Å². The molecule has 0 aromatic rings. The Morgan fingerprint density at radius 3 is 2.47 bits per heavy atom. The minimum Gasteiger partial charge on any atom is -0.466 e. The number of nitrogens with zero attached hydrogens (tertiary/aromatic N) is 1. The van der Waals surface area contributed by atoms with Crippen LogP contribution in [0.3, 0.4) is 0 Å². The van der Waals surface area contributed by atoms with Crippen molar-refractivity contribution in [2.24, 2.45) is 11.3 Å². The minimum absolute atomic E-state index is 0.0786. The molecule has 1 unspecified atom stereocenters. The number of nitrogens with one attached hydrogen (secondary N) is 1. The van der Waals surface area contributed by atoms with Gasteiger partial charge in [-0.3, -0.25) is 4.79 Å². The van der Waals surface area contributed by atoms with E-state index in [0.29, 0.717) is 13.2 Å². The van der Waals surface area contributed by atoms with Gasteiger partial charge in [0.1, 0.15) is 0 Å². The molecular formula is C13H28N2O2. The Morgan fingerprint density at radius 2 is 2.00 bits per heavy atom. The van der Waals surface area contributed by atoms with E-state index in [-0.39, 0.29) is 17.3 Å². The standard InChI is InChI=1S/C13H28N2O2/c1-7-17-12(16)11(2)8-14-9-13(3,4)10-15(5)6/h11,14H,7-10H2,1-6H3. The SMILES string of the molecule is CCOC(=O)C(C)CNCC(C)(C)CN(C)C. The van der Waals surface area contributed by atoms with Gasteiger partial charge in [-0.25, -0.2) is 0 Å². The zero-order valence-corrected chi connectivity index (χ0v) is 12.2. The Morgan fingerprint density at radius 1 is 1.41 bits per heavy atom. The molecule has 0 rings (SSSR count). The third-order valence-corrected chi connectivity index (χ3v) is 2.49. The van der Waals surface area contributed by atoms with E-state index in [4.69, 9.17) is 4.74 Å². The number of carbonyl (C=O) groups is 1. The maximum Gasteiger partial charge on any atom is 0.309 e. The summed E-state index contributed by atoms with van der Waals surface area (Å²) < 4.78 is 4.96. The van der Waals surface area contributed by atoms with Crippen molar-refractivity contribution in [1.29, 1.82) is 0 Å². The number of rotatable bonds is 8. The first-order chi connectivity index (χ1) is 7.78. The Kier molecular flexibility index (Phi) is 7.39. The molecule has 0 saturated carbocycles. The molecule has 0 aromatic heterocycles. The summed E-state index contributed by atoms with van der Waals surface area (Å²) >= 11 is 0. The van der Waals surface area contributed by atoms with Crippen LogP contribution >= 0.6 is 0 Å². The molecule has 0 aromatic carbocycles. The molecule has 0 spiro atoms. The van der Waals surface area contributed by atoms with E-state index in [1.165, 1.54) is 0 Å². The Balaban J connectivity index is 3.86. The molecule has 102 valence electrons. The molecule has 1 N–H and O–H groups in total. The van der Waals surface area contributed by atoms with E-state index in [9.17, 15) is 4.79 Å². The molecule has 17 heavy (non-hydrogen) atoms. The minimum atomic E-state index is -0.120. The lowest BCUT2D eigenvalue weighted by Gasteiger charge is -2.29. The molecule has 0 bridgehead atoms. The van der Waals surface area contributed by atoms with Crippen LogP contribution in [0.5, 0.6) is 0 Å². The molecule has 1 atom stereocenters. The van der Waals surface area contributed by atoms with Crippen molar-refractivity contribution in [3.05, 3.63) is 0 Å². The van der Waals surface area contributed by atoms with Crippen LogP contribution < -0.4 is 5.32 Å². The van der Waals surface area contributed by atoms with Crippen molar-refractivity contribution >= 4 is 5.97 Å². The molecule has 0 heterocycles. The van der Waals surface area contributed by atoms with E-state index < -0.39 is 0 Å². The maximum atomic E-state index is 11.4. The fraction of sp³-hybridized carbons (Fsp3) is 0.923. The van der Waals surface area contributed by atoms with E-state index in [1.807, 2.05) is 13.8 Å². The van der Waals surface area contributed by atoms with Crippen LogP contribution in [0.4, 0.5) is 0 Å². The van der Waals surface area contributed by atoms with Crippen molar-refractivity contribution in [2.75, 3.05) is 40.3 Å². The van der Waals surface area contributed by atoms with Gasteiger partial charge in [0.15, 0.2) is 0 Å². The summed E-state index contributed by atoms with van der Waals surface area (Å²) in [5.74, 6) is -0.199. The van der Waals surface area contributed by atoms with Crippen LogP contribution in [-0.4, -0.2) is 51.2 Å². The second-order valence-corrected chi connectivity index (χ2v) is 5.69. The highest BCUT2D eigenvalue weighted by molar-refractivity contribution is 5.72. The third kappa shape index (κ3) is 8.16. The summed E-state index contributed by atoms with van der Waals surface area (Å²) in [7, 11) is 4.14. The molecule has 0 aliphatic rings. The average Bonchev–Trinajstić information content (AvgIpc) is 2.15. The predicted molar refractivity (Wildman–Crippen MR) is 71.0 cm³/mol. The van der Waals surface area contributed by atoms with Crippen LogP contribution in [-0.2, 0) is 9.53 Å². The Labute approximate surface area is 106 Å². The monoisotopic (exact) mass is 244 g/mol. The van der Waals surface area contributed by atoms with Crippen molar-refractivity contribution < 1.29 is 9.53 Å². The van der Waals surface area contributed by atoms with Crippen LogP contribution in [0.1, 0.15) is 27.7 Å². The summed E-state index contributed by atoms with van der Waals surface area (Å²) in [5, 5.41) is 3.34. The van der Waals surface area contributed by atoms with Gasteiger partial charge < -0.3 is 15.0 Å². The average molecular weight is 244 g/mol. The van der Waals surface area contributed by atoms with Crippen molar-refractivity contribution in [2.45, 2.75) is 27.7 Å². The second-order valence-electron chi connectivity index (χ2n) is 5.69. The van der Waals surface area contributed by atoms with Gasteiger partial charge in [-0.15, -0.1) is 0 Å². The lowest BCUT2D eigenvalue weighted by Crippen LogP contribution is -2.40. The Bertz CT molecular complexity index is 227. The smallest absolute Gasteiger partial charge is 0.309 e. The normalized spacial score (nSPS) is 13.8.